The van der Waals surface area contributed by atoms with Crippen LogP contribution in [-0.4, -0.2) is 5.78 Å². The van der Waals surface area contributed by atoms with Crippen molar-refractivity contribution in [2.45, 2.75) is 25.2 Å². The van der Waals surface area contributed by atoms with Gasteiger partial charge in [-0.25, -0.2) is 0 Å². The number of hydrogen-bond donors (Lipinski definition) is 1. The molecule has 1 aliphatic carbocycles. The molecule has 3 rings (SSSR count). The van der Waals surface area contributed by atoms with Crippen LogP contribution in [0.3, 0.4) is 0 Å². The van der Waals surface area contributed by atoms with Gasteiger partial charge in [-0.15, -0.1) is 0 Å². The largest absolute Gasteiger partial charge is 0.444 e. The van der Waals surface area contributed by atoms with E-state index in [1.807, 2.05) is 24.3 Å². The maximum Gasteiger partial charge on any atom is 0.205 e. The highest BCUT2D eigenvalue weighted by atomic mass is 127. The number of nitrogens with two attached hydrogens (primary N) is 1. The van der Waals surface area contributed by atoms with Gasteiger partial charge in [-0.2, -0.15) is 5.26 Å². The summed E-state index contributed by atoms with van der Waals surface area (Å²) in [4.78, 5) is 12.4. The molecular weight excluding hydrogens is 379 g/mol. The Morgan fingerprint density at radius 3 is 2.81 bits per heavy atom. The van der Waals surface area contributed by atoms with Crippen molar-refractivity contribution in [3.8, 4) is 6.07 Å². The van der Waals surface area contributed by atoms with Crippen LogP contribution in [0.15, 0.2) is 47.1 Å². The highest BCUT2D eigenvalue weighted by Crippen LogP contribution is 2.44. The first kappa shape index (κ1) is 14.1. The molecule has 0 saturated heterocycles. The Morgan fingerprint density at radius 1 is 1.33 bits per heavy atom. The van der Waals surface area contributed by atoms with E-state index in [4.69, 9.17) is 10.5 Å². The van der Waals surface area contributed by atoms with Gasteiger partial charge in [-0.05, 0) is 40.6 Å². The minimum atomic E-state index is -0.403. The lowest BCUT2D eigenvalue weighted by molar-refractivity contribution is -0.116. The molecule has 4 nitrogen and oxygen atoms in total. The van der Waals surface area contributed by atoms with Gasteiger partial charge in [0.1, 0.15) is 17.4 Å². The third-order valence-electron chi connectivity index (χ3n) is 3.82. The molecule has 0 fully saturated rings. The third-order valence-corrected chi connectivity index (χ3v) is 4.80. The Morgan fingerprint density at radius 2 is 2.10 bits per heavy atom. The zero-order valence-corrected chi connectivity index (χ0v) is 13.4. The fourth-order valence-corrected chi connectivity index (χ4v) is 3.58. The normalized spacial score (nSPS) is 21.7. The molecular formula is C16H13IN2O2. The molecule has 1 atom stereocenters. The fraction of sp³-hybridized carbons (Fsp3) is 0.250. The number of hydrogen-bond acceptors (Lipinski definition) is 4. The molecule has 1 aromatic rings. The lowest BCUT2D eigenvalue weighted by atomic mass is 9.78. The average molecular weight is 392 g/mol. The number of carbonyl (C=O) groups excluding carboxylic acids is 1. The molecule has 21 heavy (non-hydrogen) atoms. The van der Waals surface area contributed by atoms with Gasteiger partial charge in [0.2, 0.25) is 5.88 Å². The van der Waals surface area contributed by atoms with Crippen molar-refractivity contribution >= 4 is 28.4 Å². The van der Waals surface area contributed by atoms with Gasteiger partial charge in [0.25, 0.3) is 0 Å². The van der Waals surface area contributed by atoms with Crippen LogP contribution < -0.4 is 5.73 Å². The predicted octanol–water partition coefficient (Wildman–Crippen LogP) is 3.11. The molecule has 1 unspecified atom stereocenters. The highest BCUT2D eigenvalue weighted by Gasteiger charge is 2.38. The number of benzene rings is 1. The Balaban J connectivity index is 2.23. The van der Waals surface area contributed by atoms with Gasteiger partial charge in [0.15, 0.2) is 5.78 Å². The van der Waals surface area contributed by atoms with Crippen LogP contribution in [0.25, 0.3) is 0 Å². The number of rotatable bonds is 1. The second-order valence-electron chi connectivity index (χ2n) is 5.06. The molecule has 0 spiro atoms. The number of Topliss-reactive ketones (excluding diaryl/α,β-unsaturated/α-hetero) is 1. The van der Waals surface area contributed by atoms with E-state index in [0.717, 1.165) is 15.6 Å². The first-order chi connectivity index (χ1) is 10.1. The quantitative estimate of drug-likeness (QED) is 0.746. The number of ether oxygens (including phenoxy) is 1. The minimum Gasteiger partial charge on any atom is -0.444 e. The lowest BCUT2D eigenvalue weighted by Crippen LogP contribution is -2.27. The molecule has 106 valence electrons. The second-order valence-corrected chi connectivity index (χ2v) is 6.22. The van der Waals surface area contributed by atoms with Gasteiger partial charge in [0.05, 0.1) is 5.92 Å². The molecule has 0 radical (unpaired) electrons. The van der Waals surface area contributed by atoms with E-state index in [9.17, 15) is 10.1 Å². The standard InChI is InChI=1S/C16H13IN2O2/c17-11-5-2-1-4-9(11)14-10(8-18)16(19)21-13-7-3-6-12(20)15(13)14/h1-2,4-5,14H,3,6-7,19H2. The van der Waals surface area contributed by atoms with Gasteiger partial charge >= 0.3 is 0 Å². The van der Waals surface area contributed by atoms with Crippen molar-refractivity contribution in [1.82, 2.24) is 0 Å². The van der Waals surface area contributed by atoms with Gasteiger partial charge in [0, 0.05) is 22.0 Å². The first-order valence-electron chi connectivity index (χ1n) is 6.71. The number of ketones is 1. The van der Waals surface area contributed by atoms with E-state index in [-0.39, 0.29) is 11.7 Å². The minimum absolute atomic E-state index is 0.0566. The van der Waals surface area contributed by atoms with E-state index in [1.165, 1.54) is 0 Å². The van der Waals surface area contributed by atoms with E-state index in [2.05, 4.69) is 28.7 Å². The molecule has 0 bridgehead atoms. The second kappa shape index (κ2) is 5.53. The molecule has 2 aliphatic rings. The van der Waals surface area contributed by atoms with Crippen LogP contribution in [0, 0.1) is 14.9 Å². The molecule has 0 amide bonds. The van der Waals surface area contributed by atoms with Crippen LogP contribution in [0.4, 0.5) is 0 Å². The summed E-state index contributed by atoms with van der Waals surface area (Å²) in [6.45, 7) is 0. The Labute approximate surface area is 136 Å². The van der Waals surface area contributed by atoms with Crippen LogP contribution in [0.1, 0.15) is 30.7 Å². The van der Waals surface area contributed by atoms with E-state index in [1.54, 1.807) is 0 Å². The van der Waals surface area contributed by atoms with Crippen LogP contribution in [0.2, 0.25) is 0 Å². The van der Waals surface area contributed by atoms with Gasteiger partial charge in [-0.3, -0.25) is 4.79 Å². The number of carbonyl (C=O) groups is 1. The van der Waals surface area contributed by atoms with Crippen molar-refractivity contribution < 1.29 is 9.53 Å². The topological polar surface area (TPSA) is 76.1 Å². The summed E-state index contributed by atoms with van der Waals surface area (Å²) < 4.78 is 6.55. The number of halogens is 1. The molecule has 1 aromatic carbocycles. The van der Waals surface area contributed by atoms with E-state index >= 15 is 0 Å². The summed E-state index contributed by atoms with van der Waals surface area (Å²) in [5, 5.41) is 9.46. The average Bonchev–Trinajstić information content (AvgIpc) is 2.47. The molecule has 1 aliphatic heterocycles. The summed E-state index contributed by atoms with van der Waals surface area (Å²) in [6, 6.07) is 9.87. The Kier molecular flexibility index (Phi) is 3.72. The Hall–Kier alpha value is -1.81. The van der Waals surface area contributed by atoms with Crippen molar-refractivity contribution in [2.24, 2.45) is 5.73 Å². The number of allylic oxidation sites excluding steroid dienone is 3. The Bertz CT molecular complexity index is 728. The maximum absolute atomic E-state index is 12.4. The first-order valence-corrected chi connectivity index (χ1v) is 7.79. The van der Waals surface area contributed by atoms with Crippen LogP contribution >= 0.6 is 22.6 Å². The fourth-order valence-electron chi connectivity index (χ4n) is 2.88. The van der Waals surface area contributed by atoms with E-state index < -0.39 is 5.92 Å². The van der Waals surface area contributed by atoms with Crippen molar-refractivity contribution in [3.63, 3.8) is 0 Å². The van der Waals surface area contributed by atoms with Crippen LogP contribution in [0.5, 0.6) is 0 Å². The zero-order chi connectivity index (χ0) is 15.0. The predicted molar refractivity (Wildman–Crippen MR) is 85.7 cm³/mol. The smallest absolute Gasteiger partial charge is 0.205 e. The SMILES string of the molecule is N#CC1=C(N)OC2=C(C(=O)CCC2)C1c1ccccc1I. The summed E-state index contributed by atoms with van der Waals surface area (Å²) >= 11 is 2.22. The number of nitriles is 1. The summed E-state index contributed by atoms with van der Waals surface area (Å²) in [5.41, 5.74) is 7.78. The van der Waals surface area contributed by atoms with Gasteiger partial charge in [-0.1, -0.05) is 18.2 Å². The van der Waals surface area contributed by atoms with E-state index in [0.29, 0.717) is 29.7 Å². The van der Waals surface area contributed by atoms with Crippen molar-refractivity contribution in [3.05, 3.63) is 56.2 Å². The number of nitrogens with zero attached hydrogens (tertiary/aromatic N) is 1. The molecule has 5 heteroatoms. The zero-order valence-electron chi connectivity index (χ0n) is 11.2. The highest BCUT2D eigenvalue weighted by molar-refractivity contribution is 14.1. The third kappa shape index (κ3) is 2.33. The molecule has 1 heterocycles. The lowest BCUT2D eigenvalue weighted by Gasteiger charge is -2.31. The van der Waals surface area contributed by atoms with Crippen molar-refractivity contribution in [2.75, 3.05) is 0 Å². The summed E-state index contributed by atoms with van der Waals surface area (Å²) in [6.07, 6.45) is 1.96. The summed E-state index contributed by atoms with van der Waals surface area (Å²) in [5.74, 6) is 0.406. The molecule has 0 aromatic heterocycles. The van der Waals surface area contributed by atoms with Crippen molar-refractivity contribution in [1.29, 1.82) is 5.26 Å². The maximum atomic E-state index is 12.4. The van der Waals surface area contributed by atoms with Crippen LogP contribution in [-0.2, 0) is 9.53 Å². The summed E-state index contributed by atoms with van der Waals surface area (Å²) in [7, 11) is 0. The molecule has 0 saturated carbocycles. The molecule has 2 N–H and O–H groups in total. The van der Waals surface area contributed by atoms with Gasteiger partial charge < -0.3 is 10.5 Å². The monoisotopic (exact) mass is 392 g/mol.